The predicted molar refractivity (Wildman–Crippen MR) is 81.5 cm³/mol. The van der Waals surface area contributed by atoms with Crippen molar-refractivity contribution in [2.45, 2.75) is 39.8 Å². The van der Waals surface area contributed by atoms with Gasteiger partial charge in [0, 0.05) is 0 Å². The number of aryl methyl sites for hydroxylation is 1. The van der Waals surface area contributed by atoms with Gasteiger partial charge in [-0.2, -0.15) is 23.3 Å². The van der Waals surface area contributed by atoms with E-state index < -0.39 is 17.8 Å². The van der Waals surface area contributed by atoms with Crippen LogP contribution in [0.15, 0.2) is 23.3 Å². The number of benzene rings is 1. The molecule has 0 aromatic heterocycles. The molecule has 0 atom stereocenters. The van der Waals surface area contributed by atoms with Crippen LogP contribution in [0.2, 0.25) is 0 Å². The van der Waals surface area contributed by atoms with Crippen LogP contribution in [0.4, 0.5) is 23.7 Å². The van der Waals surface area contributed by atoms with E-state index in [1.807, 2.05) is 20.8 Å². The van der Waals surface area contributed by atoms with Gasteiger partial charge in [0.25, 0.3) is 0 Å². The highest BCUT2D eigenvalue weighted by molar-refractivity contribution is 5.91. The van der Waals surface area contributed by atoms with E-state index in [-0.39, 0.29) is 23.3 Å². The lowest BCUT2D eigenvalue weighted by Gasteiger charge is -2.23. The second-order valence-corrected chi connectivity index (χ2v) is 6.59. The van der Waals surface area contributed by atoms with Crippen LogP contribution in [0.5, 0.6) is 0 Å². The first kappa shape index (κ1) is 17.3. The van der Waals surface area contributed by atoms with Gasteiger partial charge in [-0.3, -0.25) is 0 Å². The molecule has 4 nitrogen and oxygen atoms in total. The molecule has 0 aliphatic carbocycles. The van der Waals surface area contributed by atoms with Crippen LogP contribution in [0.3, 0.4) is 0 Å². The third kappa shape index (κ3) is 4.46. The number of hydrogen-bond donors (Lipinski definition) is 0. The van der Waals surface area contributed by atoms with Crippen molar-refractivity contribution in [2.75, 3.05) is 11.6 Å². The first-order valence-electron chi connectivity index (χ1n) is 7.27. The Morgan fingerprint density at radius 2 is 1.96 bits per heavy atom. The zero-order valence-electron chi connectivity index (χ0n) is 13.3. The first-order valence-corrected chi connectivity index (χ1v) is 7.27. The first-order chi connectivity index (χ1) is 10.6. The van der Waals surface area contributed by atoms with E-state index in [9.17, 15) is 18.0 Å². The summed E-state index contributed by atoms with van der Waals surface area (Å²) in [6.07, 6.45) is -3.02. The topological polar surface area (TPSA) is 41.9 Å². The number of carbonyl (C=O) groups excluding carboxylic acids is 1. The molecule has 2 rings (SSSR count). The molecule has 1 aliphatic rings. The third-order valence-electron chi connectivity index (χ3n) is 3.44. The molecule has 126 valence electrons. The summed E-state index contributed by atoms with van der Waals surface area (Å²) in [5, 5.41) is 4.61. The van der Waals surface area contributed by atoms with Crippen molar-refractivity contribution in [3.63, 3.8) is 0 Å². The van der Waals surface area contributed by atoms with E-state index in [0.29, 0.717) is 12.8 Å². The lowest BCUT2D eigenvalue weighted by Crippen LogP contribution is -2.31. The average Bonchev–Trinajstić information content (AvgIpc) is 2.44. The van der Waals surface area contributed by atoms with Crippen LogP contribution in [0.1, 0.15) is 38.3 Å². The Bertz CT molecular complexity index is 619. The summed E-state index contributed by atoms with van der Waals surface area (Å²) in [7, 11) is 0. The number of amides is 1. The number of cyclic esters (lactones) is 1. The SMILES string of the molecule is CC(C)(C)CCc1ccc(N2N=CCOC2=O)cc1C(F)(F)F. The van der Waals surface area contributed by atoms with Crippen LogP contribution in [-0.2, 0) is 17.3 Å². The largest absolute Gasteiger partial charge is 0.442 e. The standard InChI is InChI=1S/C16H19F3N2O2/c1-15(2,3)7-6-11-4-5-12(10-13(11)16(17,18)19)21-14(22)23-9-8-20-21/h4-5,8,10H,6-7,9H2,1-3H3. The summed E-state index contributed by atoms with van der Waals surface area (Å²) in [4.78, 5) is 11.6. The molecule has 7 heteroatoms. The van der Waals surface area contributed by atoms with Gasteiger partial charge in [0.05, 0.1) is 17.5 Å². The van der Waals surface area contributed by atoms with Crippen LogP contribution >= 0.6 is 0 Å². The number of hydrogen-bond acceptors (Lipinski definition) is 3. The van der Waals surface area contributed by atoms with E-state index in [1.165, 1.54) is 18.3 Å². The Kier molecular flexibility index (Phi) is 4.68. The number of carbonyl (C=O) groups is 1. The molecule has 23 heavy (non-hydrogen) atoms. The summed E-state index contributed by atoms with van der Waals surface area (Å²) >= 11 is 0. The highest BCUT2D eigenvalue weighted by Crippen LogP contribution is 2.36. The minimum atomic E-state index is -4.49. The van der Waals surface area contributed by atoms with Crippen LogP contribution in [-0.4, -0.2) is 18.9 Å². The maximum Gasteiger partial charge on any atom is 0.435 e. The zero-order valence-corrected chi connectivity index (χ0v) is 13.3. The molecule has 1 heterocycles. The normalized spacial score (nSPS) is 15.7. The van der Waals surface area contributed by atoms with Crippen molar-refractivity contribution in [3.8, 4) is 0 Å². The summed E-state index contributed by atoms with van der Waals surface area (Å²) in [6, 6.07) is 3.81. The second-order valence-electron chi connectivity index (χ2n) is 6.59. The maximum atomic E-state index is 13.3. The molecule has 1 amide bonds. The Labute approximate surface area is 132 Å². The second kappa shape index (κ2) is 6.22. The van der Waals surface area contributed by atoms with Crippen LogP contribution in [0.25, 0.3) is 0 Å². The molecule has 0 fully saturated rings. The monoisotopic (exact) mass is 328 g/mol. The van der Waals surface area contributed by atoms with Gasteiger partial charge in [-0.1, -0.05) is 26.8 Å². The molecule has 0 radical (unpaired) electrons. The fourth-order valence-electron chi connectivity index (χ4n) is 2.19. The summed E-state index contributed by atoms with van der Waals surface area (Å²) in [6.45, 7) is 5.96. The maximum absolute atomic E-state index is 13.3. The fraction of sp³-hybridized carbons (Fsp3) is 0.500. The number of halogens is 3. The Morgan fingerprint density at radius 3 is 2.52 bits per heavy atom. The molecule has 0 bridgehead atoms. The molecule has 0 saturated heterocycles. The molecular weight excluding hydrogens is 309 g/mol. The van der Waals surface area contributed by atoms with Crippen molar-refractivity contribution in [1.29, 1.82) is 0 Å². The number of alkyl halides is 3. The number of ether oxygens (including phenoxy) is 1. The predicted octanol–water partition coefficient (Wildman–Crippen LogP) is 4.63. The van der Waals surface area contributed by atoms with Gasteiger partial charge in [0.2, 0.25) is 0 Å². The molecule has 1 aromatic carbocycles. The fourth-order valence-corrected chi connectivity index (χ4v) is 2.19. The van der Waals surface area contributed by atoms with Gasteiger partial charge in [-0.25, -0.2) is 4.79 Å². The number of rotatable bonds is 3. The molecule has 0 saturated carbocycles. The lowest BCUT2D eigenvalue weighted by molar-refractivity contribution is -0.138. The molecule has 0 unspecified atom stereocenters. The van der Waals surface area contributed by atoms with E-state index in [4.69, 9.17) is 4.74 Å². The van der Waals surface area contributed by atoms with E-state index in [0.717, 1.165) is 11.1 Å². The lowest BCUT2D eigenvalue weighted by atomic mass is 9.87. The molecule has 0 spiro atoms. The number of anilines is 1. The van der Waals surface area contributed by atoms with Gasteiger partial charge in [-0.05, 0) is 36.0 Å². The quantitative estimate of drug-likeness (QED) is 0.812. The van der Waals surface area contributed by atoms with E-state index in [2.05, 4.69) is 5.10 Å². The minimum absolute atomic E-state index is 0.0190. The van der Waals surface area contributed by atoms with Gasteiger partial charge in [-0.15, -0.1) is 0 Å². The van der Waals surface area contributed by atoms with Crippen molar-refractivity contribution < 1.29 is 22.7 Å². The molecular formula is C16H19F3N2O2. The summed E-state index contributed by atoms with van der Waals surface area (Å²) < 4.78 is 44.8. The van der Waals surface area contributed by atoms with Crippen molar-refractivity contribution in [2.24, 2.45) is 10.5 Å². The van der Waals surface area contributed by atoms with Crippen LogP contribution < -0.4 is 5.01 Å². The highest BCUT2D eigenvalue weighted by atomic mass is 19.4. The number of hydrazone groups is 1. The molecule has 1 aromatic rings. The van der Waals surface area contributed by atoms with Gasteiger partial charge < -0.3 is 4.74 Å². The summed E-state index contributed by atoms with van der Waals surface area (Å²) in [5.74, 6) is 0. The van der Waals surface area contributed by atoms with E-state index >= 15 is 0 Å². The Morgan fingerprint density at radius 1 is 1.26 bits per heavy atom. The highest BCUT2D eigenvalue weighted by Gasteiger charge is 2.35. The number of nitrogens with zero attached hydrogens (tertiary/aromatic N) is 2. The third-order valence-corrected chi connectivity index (χ3v) is 3.44. The summed E-state index contributed by atoms with van der Waals surface area (Å²) in [5.41, 5.74) is -0.557. The average molecular weight is 328 g/mol. The van der Waals surface area contributed by atoms with Crippen LogP contribution in [0, 0.1) is 5.41 Å². The molecule has 1 aliphatic heterocycles. The van der Waals surface area contributed by atoms with Gasteiger partial charge in [0.1, 0.15) is 6.61 Å². The minimum Gasteiger partial charge on any atom is -0.442 e. The Hall–Kier alpha value is -2.05. The van der Waals surface area contributed by atoms with E-state index in [1.54, 1.807) is 0 Å². The smallest absolute Gasteiger partial charge is 0.435 e. The molecule has 0 N–H and O–H groups in total. The van der Waals surface area contributed by atoms with Crippen molar-refractivity contribution in [1.82, 2.24) is 0 Å². The van der Waals surface area contributed by atoms with Crippen molar-refractivity contribution in [3.05, 3.63) is 29.3 Å². The zero-order chi connectivity index (χ0) is 17.3. The van der Waals surface area contributed by atoms with Gasteiger partial charge in [0.15, 0.2) is 0 Å². The van der Waals surface area contributed by atoms with Crippen molar-refractivity contribution >= 4 is 18.0 Å². The Balaban J connectivity index is 2.36. The van der Waals surface area contributed by atoms with Gasteiger partial charge >= 0.3 is 12.3 Å².